The average molecular weight is 777 g/mol. The summed E-state index contributed by atoms with van der Waals surface area (Å²) in [6.07, 6.45) is 7.45. The Morgan fingerprint density at radius 1 is 0.230 bits per heavy atom. The number of hydrogen-bond donors (Lipinski definition) is 0. The molecule has 2 aromatic heterocycles. The third-order valence-corrected chi connectivity index (χ3v) is 12.4. The molecule has 61 heavy (non-hydrogen) atoms. The summed E-state index contributed by atoms with van der Waals surface area (Å²) in [4.78, 5) is 8.62. The van der Waals surface area contributed by atoms with Crippen LogP contribution in [0.3, 0.4) is 0 Å². The van der Waals surface area contributed by atoms with Crippen LogP contribution in [-0.2, 0) is 5.41 Å². The highest BCUT2D eigenvalue weighted by Gasteiger charge is 2.49. The second-order valence-corrected chi connectivity index (χ2v) is 15.7. The Hall–Kier alpha value is -7.94. The van der Waals surface area contributed by atoms with Gasteiger partial charge in [0.25, 0.3) is 0 Å². The number of hydrogen-bond acceptors (Lipinski definition) is 2. The van der Waals surface area contributed by atoms with Gasteiger partial charge in [0.1, 0.15) is 0 Å². The highest BCUT2D eigenvalue weighted by atomic mass is 14.6. The van der Waals surface area contributed by atoms with Crippen molar-refractivity contribution in [2.45, 2.75) is 5.41 Å². The highest BCUT2D eigenvalue weighted by molar-refractivity contribution is 5.97. The Kier molecular flexibility index (Phi) is 9.09. The zero-order valence-electron chi connectivity index (χ0n) is 33.5. The average Bonchev–Trinajstić information content (AvgIpc) is 3.67. The van der Waals surface area contributed by atoms with Gasteiger partial charge in [-0.05, 0) is 112 Å². The normalized spacial score (nSPS) is 12.4. The first-order chi connectivity index (χ1) is 30.3. The van der Waals surface area contributed by atoms with Gasteiger partial charge in [-0.15, -0.1) is 0 Å². The van der Waals surface area contributed by atoms with Gasteiger partial charge in [0, 0.05) is 24.8 Å². The molecule has 0 atom stereocenters. The third kappa shape index (κ3) is 6.29. The minimum absolute atomic E-state index is 0.595. The van der Waals surface area contributed by atoms with Crippen LogP contribution in [0.1, 0.15) is 22.3 Å². The molecule has 0 N–H and O–H groups in total. The fourth-order valence-corrected chi connectivity index (χ4v) is 9.55. The quantitative estimate of drug-likeness (QED) is 0.154. The van der Waals surface area contributed by atoms with Gasteiger partial charge < -0.3 is 0 Å². The lowest BCUT2D eigenvalue weighted by atomic mass is 9.64. The first-order valence-electron chi connectivity index (χ1n) is 20.9. The minimum Gasteiger partial charge on any atom is -0.264 e. The van der Waals surface area contributed by atoms with E-state index < -0.39 is 5.41 Å². The van der Waals surface area contributed by atoms with Crippen molar-refractivity contribution in [1.29, 1.82) is 0 Å². The number of rotatable bonds is 8. The molecule has 0 radical (unpaired) electrons. The van der Waals surface area contributed by atoms with Crippen LogP contribution in [0.15, 0.2) is 243 Å². The molecule has 10 aromatic rings. The number of fused-ring (bicyclic) bond motifs is 3. The van der Waals surface area contributed by atoms with E-state index >= 15 is 0 Å². The predicted molar refractivity (Wildman–Crippen MR) is 252 cm³/mol. The Bertz CT molecular complexity index is 2890. The fourth-order valence-electron chi connectivity index (χ4n) is 9.55. The fraction of sp³-hybridized carbons (Fsp3) is 0.0169. The van der Waals surface area contributed by atoms with E-state index in [1.807, 2.05) is 36.9 Å². The zero-order valence-corrected chi connectivity index (χ0v) is 33.5. The lowest BCUT2D eigenvalue weighted by molar-refractivity contribution is 0.772. The summed E-state index contributed by atoms with van der Waals surface area (Å²) in [7, 11) is 0. The van der Waals surface area contributed by atoms with Gasteiger partial charge >= 0.3 is 0 Å². The van der Waals surface area contributed by atoms with E-state index in [0.29, 0.717) is 0 Å². The Balaban J connectivity index is 1.04. The van der Waals surface area contributed by atoms with Crippen LogP contribution in [-0.4, -0.2) is 9.97 Å². The van der Waals surface area contributed by atoms with Crippen molar-refractivity contribution < 1.29 is 0 Å². The van der Waals surface area contributed by atoms with E-state index in [2.05, 4.69) is 216 Å². The molecule has 0 aliphatic heterocycles. The molecule has 0 bridgehead atoms. The number of benzene rings is 8. The van der Waals surface area contributed by atoms with Gasteiger partial charge in [-0.3, -0.25) is 9.97 Å². The van der Waals surface area contributed by atoms with Crippen LogP contribution in [0.2, 0.25) is 0 Å². The van der Waals surface area contributed by atoms with E-state index in [9.17, 15) is 0 Å². The lowest BCUT2D eigenvalue weighted by Crippen LogP contribution is -2.30. The second kappa shape index (κ2) is 15.3. The summed E-state index contributed by atoms with van der Waals surface area (Å²) in [5, 5.41) is 0. The molecule has 2 nitrogen and oxygen atoms in total. The molecule has 0 spiro atoms. The number of nitrogens with zero attached hydrogens (tertiary/aromatic N) is 2. The molecule has 0 fully saturated rings. The van der Waals surface area contributed by atoms with Crippen molar-refractivity contribution in [1.82, 2.24) is 9.97 Å². The highest BCUT2D eigenvalue weighted by Crippen LogP contribution is 2.61. The Morgan fingerprint density at radius 2 is 0.541 bits per heavy atom. The number of aromatic nitrogens is 2. The largest absolute Gasteiger partial charge is 0.264 e. The molecule has 286 valence electrons. The van der Waals surface area contributed by atoms with Gasteiger partial charge in [-0.2, -0.15) is 0 Å². The van der Waals surface area contributed by atoms with Gasteiger partial charge in [0.05, 0.1) is 5.41 Å². The van der Waals surface area contributed by atoms with E-state index in [1.165, 1.54) is 77.9 Å². The van der Waals surface area contributed by atoms with Crippen LogP contribution in [0.4, 0.5) is 0 Å². The molecule has 1 aliphatic carbocycles. The predicted octanol–water partition coefficient (Wildman–Crippen LogP) is 14.8. The maximum absolute atomic E-state index is 4.31. The summed E-state index contributed by atoms with van der Waals surface area (Å²) in [6, 6.07) is 80.0. The van der Waals surface area contributed by atoms with Crippen molar-refractivity contribution in [3.63, 3.8) is 0 Å². The van der Waals surface area contributed by atoms with E-state index in [1.54, 1.807) is 0 Å². The minimum atomic E-state index is -0.595. The standard InChI is InChI=1S/C59H40N2/c1-3-13-51(14-4-1)59(52-15-5-2-6-16-52)57-53(47-33-29-43(30-34-47)41-21-25-45(26-22-41)49-11-9-37-60-39-49)17-7-19-55(57)56-20-8-18-54(58(56)59)48-35-31-44(32-36-48)42-23-27-46(28-24-42)50-12-10-38-61-40-50/h1-40H. The van der Waals surface area contributed by atoms with Crippen molar-refractivity contribution in [2.75, 3.05) is 0 Å². The van der Waals surface area contributed by atoms with Crippen LogP contribution in [0.5, 0.6) is 0 Å². The van der Waals surface area contributed by atoms with Crippen LogP contribution in [0.25, 0.3) is 77.9 Å². The first-order valence-corrected chi connectivity index (χ1v) is 20.9. The first kappa shape index (κ1) is 36.2. The molecule has 0 saturated heterocycles. The third-order valence-electron chi connectivity index (χ3n) is 12.4. The van der Waals surface area contributed by atoms with Crippen molar-refractivity contribution in [2.24, 2.45) is 0 Å². The molecular formula is C59H40N2. The van der Waals surface area contributed by atoms with E-state index in [4.69, 9.17) is 0 Å². The second-order valence-electron chi connectivity index (χ2n) is 15.7. The Labute approximate surface area is 357 Å². The van der Waals surface area contributed by atoms with Crippen molar-refractivity contribution >= 4 is 0 Å². The molecule has 0 amide bonds. The summed E-state index contributed by atoms with van der Waals surface area (Å²) in [5.41, 5.74) is 21.2. The van der Waals surface area contributed by atoms with Crippen LogP contribution >= 0.6 is 0 Å². The molecular weight excluding hydrogens is 737 g/mol. The smallest absolute Gasteiger partial charge is 0.0725 e. The van der Waals surface area contributed by atoms with Gasteiger partial charge in [0.2, 0.25) is 0 Å². The summed E-state index contributed by atoms with van der Waals surface area (Å²) in [5.74, 6) is 0. The van der Waals surface area contributed by atoms with Gasteiger partial charge in [-0.25, -0.2) is 0 Å². The van der Waals surface area contributed by atoms with Gasteiger partial charge in [-0.1, -0.05) is 206 Å². The maximum atomic E-state index is 4.31. The summed E-state index contributed by atoms with van der Waals surface area (Å²) in [6.45, 7) is 0. The van der Waals surface area contributed by atoms with Crippen LogP contribution < -0.4 is 0 Å². The number of pyridine rings is 2. The van der Waals surface area contributed by atoms with Crippen LogP contribution in [0, 0.1) is 0 Å². The lowest BCUT2D eigenvalue weighted by Gasteiger charge is -2.36. The molecule has 1 aliphatic rings. The van der Waals surface area contributed by atoms with Crippen molar-refractivity contribution in [3.8, 4) is 77.9 Å². The zero-order chi connectivity index (χ0) is 40.6. The maximum Gasteiger partial charge on any atom is 0.0725 e. The topological polar surface area (TPSA) is 25.8 Å². The van der Waals surface area contributed by atoms with Gasteiger partial charge in [0.15, 0.2) is 0 Å². The molecule has 8 aromatic carbocycles. The SMILES string of the molecule is c1ccc(C2(c3ccccc3)c3c(-c4ccc(-c5ccc(-c6cccnc6)cc5)cc4)cccc3-c3cccc(-c4ccc(-c5ccc(-c6cccnc6)cc5)cc4)c32)cc1. The van der Waals surface area contributed by atoms with E-state index in [0.717, 1.165) is 22.3 Å². The molecule has 0 saturated carbocycles. The summed E-state index contributed by atoms with van der Waals surface area (Å²) >= 11 is 0. The summed E-state index contributed by atoms with van der Waals surface area (Å²) < 4.78 is 0. The van der Waals surface area contributed by atoms with E-state index in [-0.39, 0.29) is 0 Å². The molecule has 2 heterocycles. The molecule has 2 heteroatoms. The molecule has 11 rings (SSSR count). The van der Waals surface area contributed by atoms with Crippen molar-refractivity contribution in [3.05, 3.63) is 265 Å². The Morgan fingerprint density at radius 3 is 0.869 bits per heavy atom. The monoisotopic (exact) mass is 776 g/mol. The molecule has 0 unspecified atom stereocenters.